The van der Waals surface area contributed by atoms with Gasteiger partial charge in [0.05, 0.1) is 6.04 Å². The molecule has 15 heavy (non-hydrogen) atoms. The van der Waals surface area contributed by atoms with Crippen molar-refractivity contribution in [3.8, 4) is 0 Å². The highest BCUT2D eigenvalue weighted by Gasteiger charge is 2.12. The van der Waals surface area contributed by atoms with Crippen molar-refractivity contribution in [2.45, 2.75) is 19.9 Å². The van der Waals surface area contributed by atoms with Crippen molar-refractivity contribution in [2.24, 2.45) is 5.73 Å². The number of aryl methyl sites for hydroxylation is 2. The molecule has 1 heterocycles. The summed E-state index contributed by atoms with van der Waals surface area (Å²) >= 11 is 0. The molecule has 0 saturated carbocycles. The number of furan rings is 1. The first-order valence-electron chi connectivity index (χ1n) is 5.05. The molecule has 0 aliphatic rings. The molecule has 1 atom stereocenters. The van der Waals surface area contributed by atoms with Crippen LogP contribution in [0, 0.1) is 13.8 Å². The fourth-order valence-corrected chi connectivity index (χ4v) is 1.65. The van der Waals surface area contributed by atoms with Crippen LogP contribution >= 0.6 is 0 Å². The Kier molecular flexibility index (Phi) is 2.60. The van der Waals surface area contributed by atoms with Gasteiger partial charge in [-0.1, -0.05) is 29.8 Å². The van der Waals surface area contributed by atoms with Crippen LogP contribution in [0.2, 0.25) is 0 Å². The molecule has 1 aromatic heterocycles. The second kappa shape index (κ2) is 3.91. The molecular weight excluding hydrogens is 186 g/mol. The van der Waals surface area contributed by atoms with E-state index >= 15 is 0 Å². The Balaban J connectivity index is 2.32. The van der Waals surface area contributed by atoms with Crippen molar-refractivity contribution < 1.29 is 4.42 Å². The third kappa shape index (κ3) is 2.10. The van der Waals surface area contributed by atoms with Crippen molar-refractivity contribution in [2.75, 3.05) is 0 Å². The van der Waals surface area contributed by atoms with Crippen LogP contribution in [0.5, 0.6) is 0 Å². The van der Waals surface area contributed by atoms with E-state index in [1.54, 1.807) is 0 Å². The molecule has 2 N–H and O–H groups in total. The number of rotatable bonds is 2. The molecule has 0 amide bonds. The zero-order valence-corrected chi connectivity index (χ0v) is 9.03. The maximum Gasteiger partial charge on any atom is 0.125 e. The molecule has 1 aromatic carbocycles. The standard InChI is InChI=1S/C13H15NO/c1-9-4-3-5-11(8-9)13(14)12-7-6-10(2)15-12/h3-8,13H,14H2,1-2H3. The van der Waals surface area contributed by atoms with Gasteiger partial charge in [0.1, 0.15) is 11.5 Å². The van der Waals surface area contributed by atoms with Gasteiger partial charge in [-0.05, 0) is 31.5 Å². The molecule has 0 spiro atoms. The van der Waals surface area contributed by atoms with Gasteiger partial charge >= 0.3 is 0 Å². The van der Waals surface area contributed by atoms with Gasteiger partial charge in [0.15, 0.2) is 0 Å². The molecule has 2 rings (SSSR count). The molecule has 1 unspecified atom stereocenters. The fourth-order valence-electron chi connectivity index (χ4n) is 1.65. The predicted molar refractivity (Wildman–Crippen MR) is 60.7 cm³/mol. The maximum atomic E-state index is 6.10. The molecule has 0 aliphatic carbocycles. The first kappa shape index (κ1) is 9.99. The van der Waals surface area contributed by atoms with Crippen LogP contribution in [-0.2, 0) is 0 Å². The van der Waals surface area contributed by atoms with Gasteiger partial charge in [0.2, 0.25) is 0 Å². The average molecular weight is 201 g/mol. The molecule has 2 aromatic rings. The van der Waals surface area contributed by atoms with E-state index in [0.29, 0.717) is 0 Å². The molecule has 2 nitrogen and oxygen atoms in total. The van der Waals surface area contributed by atoms with Gasteiger partial charge in [-0.25, -0.2) is 0 Å². The van der Waals surface area contributed by atoms with Gasteiger partial charge in [-0.3, -0.25) is 0 Å². The van der Waals surface area contributed by atoms with Crippen LogP contribution in [0.1, 0.15) is 28.7 Å². The SMILES string of the molecule is Cc1cccc(C(N)c2ccc(C)o2)c1. The highest BCUT2D eigenvalue weighted by molar-refractivity contribution is 5.30. The highest BCUT2D eigenvalue weighted by Crippen LogP contribution is 2.21. The van der Waals surface area contributed by atoms with Crippen molar-refractivity contribution in [3.63, 3.8) is 0 Å². The van der Waals surface area contributed by atoms with Crippen LogP contribution in [-0.4, -0.2) is 0 Å². The van der Waals surface area contributed by atoms with E-state index in [1.165, 1.54) is 5.56 Å². The van der Waals surface area contributed by atoms with Crippen molar-refractivity contribution in [3.05, 3.63) is 59.0 Å². The van der Waals surface area contributed by atoms with Gasteiger partial charge in [-0.2, -0.15) is 0 Å². The Morgan fingerprint density at radius 3 is 2.53 bits per heavy atom. The molecule has 2 heteroatoms. The second-order valence-electron chi connectivity index (χ2n) is 3.84. The predicted octanol–water partition coefficient (Wildman–Crippen LogP) is 2.94. The fraction of sp³-hybridized carbons (Fsp3) is 0.231. The van der Waals surface area contributed by atoms with Gasteiger partial charge < -0.3 is 10.2 Å². The van der Waals surface area contributed by atoms with E-state index in [9.17, 15) is 0 Å². The normalized spacial score (nSPS) is 12.7. The smallest absolute Gasteiger partial charge is 0.125 e. The summed E-state index contributed by atoms with van der Waals surface area (Å²) in [6.45, 7) is 3.98. The topological polar surface area (TPSA) is 39.2 Å². The summed E-state index contributed by atoms with van der Waals surface area (Å²) in [4.78, 5) is 0. The maximum absolute atomic E-state index is 6.10. The van der Waals surface area contributed by atoms with Gasteiger partial charge in [0.25, 0.3) is 0 Å². The van der Waals surface area contributed by atoms with Crippen molar-refractivity contribution in [1.82, 2.24) is 0 Å². The lowest BCUT2D eigenvalue weighted by atomic mass is 10.0. The zero-order valence-electron chi connectivity index (χ0n) is 9.03. The summed E-state index contributed by atoms with van der Waals surface area (Å²) < 4.78 is 5.51. The minimum absolute atomic E-state index is 0.168. The number of nitrogens with two attached hydrogens (primary N) is 1. The molecule has 78 valence electrons. The molecule has 0 bridgehead atoms. The summed E-state index contributed by atoms with van der Waals surface area (Å²) in [5, 5.41) is 0. The van der Waals surface area contributed by atoms with E-state index in [-0.39, 0.29) is 6.04 Å². The Labute approximate surface area is 89.7 Å². The number of hydrogen-bond donors (Lipinski definition) is 1. The number of hydrogen-bond acceptors (Lipinski definition) is 2. The minimum atomic E-state index is -0.168. The Morgan fingerprint density at radius 2 is 1.93 bits per heavy atom. The molecular formula is C13H15NO. The average Bonchev–Trinajstić information content (AvgIpc) is 2.64. The zero-order chi connectivity index (χ0) is 10.8. The third-order valence-electron chi connectivity index (χ3n) is 2.47. The summed E-state index contributed by atoms with van der Waals surface area (Å²) in [5.74, 6) is 1.71. The number of benzene rings is 1. The summed E-state index contributed by atoms with van der Waals surface area (Å²) in [7, 11) is 0. The summed E-state index contributed by atoms with van der Waals surface area (Å²) in [6, 6.07) is 11.9. The summed E-state index contributed by atoms with van der Waals surface area (Å²) in [6.07, 6.45) is 0. The van der Waals surface area contributed by atoms with E-state index in [2.05, 4.69) is 19.1 Å². The molecule has 0 aliphatic heterocycles. The Bertz CT molecular complexity index is 459. The lowest BCUT2D eigenvalue weighted by Gasteiger charge is -2.09. The quantitative estimate of drug-likeness (QED) is 0.811. The molecule has 0 radical (unpaired) electrons. The van der Waals surface area contributed by atoms with E-state index in [1.807, 2.05) is 31.2 Å². The van der Waals surface area contributed by atoms with E-state index in [0.717, 1.165) is 17.1 Å². The first-order valence-corrected chi connectivity index (χ1v) is 5.05. The highest BCUT2D eigenvalue weighted by atomic mass is 16.3. The van der Waals surface area contributed by atoms with Crippen LogP contribution in [0.4, 0.5) is 0 Å². The van der Waals surface area contributed by atoms with E-state index in [4.69, 9.17) is 10.2 Å². The van der Waals surface area contributed by atoms with Gasteiger partial charge in [0, 0.05) is 0 Å². The minimum Gasteiger partial charge on any atom is -0.464 e. The monoisotopic (exact) mass is 201 g/mol. The van der Waals surface area contributed by atoms with Crippen LogP contribution in [0.25, 0.3) is 0 Å². The summed E-state index contributed by atoms with van der Waals surface area (Å²) in [5.41, 5.74) is 8.41. The van der Waals surface area contributed by atoms with Crippen LogP contribution < -0.4 is 5.73 Å². The van der Waals surface area contributed by atoms with Crippen molar-refractivity contribution in [1.29, 1.82) is 0 Å². The van der Waals surface area contributed by atoms with Gasteiger partial charge in [-0.15, -0.1) is 0 Å². The Hall–Kier alpha value is -1.54. The Morgan fingerprint density at radius 1 is 1.13 bits per heavy atom. The van der Waals surface area contributed by atoms with Crippen LogP contribution in [0.3, 0.4) is 0 Å². The molecule has 0 fully saturated rings. The molecule has 0 saturated heterocycles. The van der Waals surface area contributed by atoms with Crippen molar-refractivity contribution >= 4 is 0 Å². The first-order chi connectivity index (χ1) is 7.16. The lowest BCUT2D eigenvalue weighted by Crippen LogP contribution is -2.10. The lowest BCUT2D eigenvalue weighted by molar-refractivity contribution is 0.466. The van der Waals surface area contributed by atoms with E-state index < -0.39 is 0 Å². The second-order valence-corrected chi connectivity index (χ2v) is 3.84. The largest absolute Gasteiger partial charge is 0.464 e. The third-order valence-corrected chi connectivity index (χ3v) is 2.47. The van der Waals surface area contributed by atoms with Crippen LogP contribution in [0.15, 0.2) is 40.8 Å².